The van der Waals surface area contributed by atoms with Gasteiger partial charge in [-0.15, -0.1) is 0 Å². The zero-order chi connectivity index (χ0) is 10.7. The second kappa shape index (κ2) is 4.47. The van der Waals surface area contributed by atoms with Gasteiger partial charge < -0.3 is 15.5 Å². The number of para-hydroxylation sites is 1. The van der Waals surface area contributed by atoms with E-state index in [1.807, 2.05) is 18.2 Å². The zero-order valence-corrected chi connectivity index (χ0v) is 8.86. The summed E-state index contributed by atoms with van der Waals surface area (Å²) in [6.07, 6.45) is 0. The molecule has 80 valence electrons. The Balaban J connectivity index is 2.09. The fourth-order valence-corrected chi connectivity index (χ4v) is 1.48. The van der Waals surface area contributed by atoms with Crippen molar-refractivity contribution < 1.29 is 4.42 Å². The van der Waals surface area contributed by atoms with Gasteiger partial charge in [0.15, 0.2) is 0 Å². The van der Waals surface area contributed by atoms with Crippen molar-refractivity contribution in [2.24, 2.45) is 5.73 Å². The minimum atomic E-state index is 0.318. The van der Waals surface area contributed by atoms with Crippen LogP contribution in [0.5, 0.6) is 0 Å². The summed E-state index contributed by atoms with van der Waals surface area (Å²) in [6, 6.07) is 10.4. The minimum Gasteiger partial charge on any atom is -0.460 e. The lowest BCUT2D eigenvalue weighted by Crippen LogP contribution is -2.32. The molecule has 1 aromatic carbocycles. The third kappa shape index (κ3) is 2.37. The van der Waals surface area contributed by atoms with E-state index in [-0.39, 0.29) is 0 Å². The first kappa shape index (κ1) is 10.2. The lowest BCUT2D eigenvalue weighted by atomic mass is 10.2. The van der Waals surface area contributed by atoms with Gasteiger partial charge in [0.05, 0.1) is 6.54 Å². The number of fused-ring (bicyclic) bond motifs is 1. The third-order valence-electron chi connectivity index (χ3n) is 2.45. The van der Waals surface area contributed by atoms with Gasteiger partial charge in [-0.2, -0.15) is 0 Å². The lowest BCUT2D eigenvalue weighted by molar-refractivity contribution is 0.478. The van der Waals surface area contributed by atoms with Crippen LogP contribution in [-0.4, -0.2) is 12.6 Å². The molecule has 0 fully saturated rings. The van der Waals surface area contributed by atoms with Crippen molar-refractivity contribution in [3.8, 4) is 0 Å². The van der Waals surface area contributed by atoms with E-state index in [0.717, 1.165) is 23.3 Å². The van der Waals surface area contributed by atoms with Gasteiger partial charge in [-0.1, -0.05) is 18.2 Å². The lowest BCUT2D eigenvalue weighted by Gasteiger charge is -2.08. The summed E-state index contributed by atoms with van der Waals surface area (Å²) >= 11 is 0. The van der Waals surface area contributed by atoms with Gasteiger partial charge in [0.2, 0.25) is 0 Å². The topological polar surface area (TPSA) is 51.2 Å². The molecule has 0 aliphatic heterocycles. The third-order valence-corrected chi connectivity index (χ3v) is 2.45. The van der Waals surface area contributed by atoms with Crippen molar-refractivity contribution in [3.05, 3.63) is 36.1 Å². The van der Waals surface area contributed by atoms with Gasteiger partial charge in [-0.3, -0.25) is 0 Å². The number of benzene rings is 1. The summed E-state index contributed by atoms with van der Waals surface area (Å²) in [4.78, 5) is 0. The van der Waals surface area contributed by atoms with E-state index in [2.05, 4.69) is 24.4 Å². The zero-order valence-electron chi connectivity index (χ0n) is 8.86. The van der Waals surface area contributed by atoms with Crippen LogP contribution in [0.1, 0.15) is 12.7 Å². The van der Waals surface area contributed by atoms with Gasteiger partial charge in [0.1, 0.15) is 11.3 Å². The molecule has 15 heavy (non-hydrogen) atoms. The highest BCUT2D eigenvalue weighted by Crippen LogP contribution is 2.18. The Labute approximate surface area is 89.3 Å². The van der Waals surface area contributed by atoms with Crippen LogP contribution in [0.3, 0.4) is 0 Å². The fraction of sp³-hybridized carbons (Fsp3) is 0.333. The molecular weight excluding hydrogens is 188 g/mol. The monoisotopic (exact) mass is 204 g/mol. The molecule has 3 nitrogen and oxygen atoms in total. The first-order chi connectivity index (χ1) is 7.29. The molecule has 1 heterocycles. The van der Waals surface area contributed by atoms with E-state index in [0.29, 0.717) is 12.6 Å². The molecule has 3 N–H and O–H groups in total. The summed E-state index contributed by atoms with van der Waals surface area (Å²) in [5.41, 5.74) is 6.46. The maximum Gasteiger partial charge on any atom is 0.134 e. The average Bonchev–Trinajstić information content (AvgIpc) is 2.68. The molecule has 1 aromatic heterocycles. The summed E-state index contributed by atoms with van der Waals surface area (Å²) in [6.45, 7) is 3.43. The first-order valence-electron chi connectivity index (χ1n) is 5.20. The van der Waals surface area contributed by atoms with E-state index in [4.69, 9.17) is 10.2 Å². The molecule has 0 radical (unpaired) electrons. The smallest absolute Gasteiger partial charge is 0.134 e. The van der Waals surface area contributed by atoms with Crippen LogP contribution < -0.4 is 11.1 Å². The van der Waals surface area contributed by atoms with Gasteiger partial charge in [-0.25, -0.2) is 0 Å². The van der Waals surface area contributed by atoms with Gasteiger partial charge in [-0.05, 0) is 19.1 Å². The van der Waals surface area contributed by atoms with Crippen molar-refractivity contribution >= 4 is 11.0 Å². The van der Waals surface area contributed by atoms with Crippen molar-refractivity contribution in [3.63, 3.8) is 0 Å². The SMILES string of the molecule is C[C@H](CN)NCc1cc2ccccc2o1. The quantitative estimate of drug-likeness (QED) is 0.799. The molecule has 3 heteroatoms. The summed E-state index contributed by atoms with van der Waals surface area (Å²) in [5, 5.41) is 4.44. The molecular formula is C12H16N2O. The molecule has 0 bridgehead atoms. The second-order valence-corrected chi connectivity index (χ2v) is 3.77. The highest BCUT2D eigenvalue weighted by atomic mass is 16.3. The number of hydrogen-bond acceptors (Lipinski definition) is 3. The van der Waals surface area contributed by atoms with Crippen LogP contribution in [0.4, 0.5) is 0 Å². The normalized spacial score (nSPS) is 13.2. The Bertz CT molecular complexity index is 403. The number of nitrogens with two attached hydrogens (primary N) is 1. The summed E-state index contributed by atoms with van der Waals surface area (Å²) < 4.78 is 5.66. The van der Waals surface area contributed by atoms with E-state index < -0.39 is 0 Å². The molecule has 0 unspecified atom stereocenters. The van der Waals surface area contributed by atoms with Crippen LogP contribution in [0.25, 0.3) is 11.0 Å². The van der Waals surface area contributed by atoms with Crippen molar-refractivity contribution in [1.82, 2.24) is 5.32 Å². The number of furan rings is 1. The van der Waals surface area contributed by atoms with Crippen LogP contribution in [0.2, 0.25) is 0 Å². The van der Waals surface area contributed by atoms with E-state index in [1.54, 1.807) is 0 Å². The molecule has 0 aliphatic carbocycles. The summed E-state index contributed by atoms with van der Waals surface area (Å²) in [7, 11) is 0. The highest BCUT2D eigenvalue weighted by molar-refractivity contribution is 5.77. The molecule has 0 spiro atoms. The largest absolute Gasteiger partial charge is 0.460 e. The second-order valence-electron chi connectivity index (χ2n) is 3.77. The van der Waals surface area contributed by atoms with Gasteiger partial charge in [0.25, 0.3) is 0 Å². The Morgan fingerprint density at radius 3 is 2.93 bits per heavy atom. The molecule has 0 amide bonds. The number of hydrogen-bond donors (Lipinski definition) is 2. The highest BCUT2D eigenvalue weighted by Gasteiger charge is 2.04. The number of nitrogens with one attached hydrogen (secondary N) is 1. The van der Waals surface area contributed by atoms with Crippen LogP contribution in [0, 0.1) is 0 Å². The standard InChI is InChI=1S/C12H16N2O/c1-9(7-13)14-8-11-6-10-4-2-3-5-12(10)15-11/h2-6,9,14H,7-8,13H2,1H3/t9-/m1/s1. The molecule has 2 rings (SSSR count). The molecule has 0 aliphatic rings. The maximum atomic E-state index is 5.66. The summed E-state index contributed by atoms with van der Waals surface area (Å²) in [5.74, 6) is 0.955. The van der Waals surface area contributed by atoms with E-state index in [1.165, 1.54) is 0 Å². The maximum absolute atomic E-state index is 5.66. The first-order valence-corrected chi connectivity index (χ1v) is 5.20. The minimum absolute atomic E-state index is 0.318. The number of rotatable bonds is 4. The van der Waals surface area contributed by atoms with Crippen molar-refractivity contribution in [2.75, 3.05) is 6.54 Å². The Morgan fingerprint density at radius 1 is 1.40 bits per heavy atom. The Kier molecular flexibility index (Phi) is 3.04. The molecule has 0 saturated heterocycles. The van der Waals surface area contributed by atoms with Crippen molar-refractivity contribution in [2.45, 2.75) is 19.5 Å². The van der Waals surface area contributed by atoms with E-state index in [9.17, 15) is 0 Å². The molecule has 2 aromatic rings. The Morgan fingerprint density at radius 2 is 2.20 bits per heavy atom. The van der Waals surface area contributed by atoms with E-state index >= 15 is 0 Å². The Hall–Kier alpha value is -1.32. The van der Waals surface area contributed by atoms with Gasteiger partial charge >= 0.3 is 0 Å². The fourth-order valence-electron chi connectivity index (χ4n) is 1.48. The van der Waals surface area contributed by atoms with Crippen LogP contribution in [-0.2, 0) is 6.54 Å². The molecule has 1 atom stereocenters. The van der Waals surface area contributed by atoms with Crippen LogP contribution >= 0.6 is 0 Å². The predicted molar refractivity (Wildman–Crippen MR) is 61.6 cm³/mol. The van der Waals surface area contributed by atoms with Crippen molar-refractivity contribution in [1.29, 1.82) is 0 Å². The molecule has 0 saturated carbocycles. The van der Waals surface area contributed by atoms with Crippen LogP contribution in [0.15, 0.2) is 34.7 Å². The predicted octanol–water partition coefficient (Wildman–Crippen LogP) is 1.87. The average molecular weight is 204 g/mol. The van der Waals surface area contributed by atoms with Gasteiger partial charge in [0, 0.05) is 18.0 Å².